The van der Waals surface area contributed by atoms with Crippen molar-refractivity contribution < 1.29 is 0 Å². The van der Waals surface area contributed by atoms with Gasteiger partial charge in [0.2, 0.25) is 0 Å². The van der Waals surface area contributed by atoms with Crippen LogP contribution in [0.4, 0.5) is 0 Å². The molecular weight excluding hydrogens is 232 g/mol. The molecule has 0 aliphatic carbocycles. The standard InChI is InChI=1S/C12H18N4S/c1-16(2)8-12-14-10-4-3-9(17-6-5-13)7-11(10)15-12/h3-4,7H,5-6,8,13H2,1-2H3,(H,14,15). The fraction of sp³-hybridized carbons (Fsp3) is 0.417. The normalized spacial score (nSPS) is 11.5. The molecule has 0 bridgehead atoms. The summed E-state index contributed by atoms with van der Waals surface area (Å²) >= 11 is 1.78. The molecule has 0 unspecified atom stereocenters. The molecule has 17 heavy (non-hydrogen) atoms. The summed E-state index contributed by atoms with van der Waals surface area (Å²) in [6.45, 7) is 1.54. The molecule has 3 N–H and O–H groups in total. The topological polar surface area (TPSA) is 57.9 Å². The van der Waals surface area contributed by atoms with Crippen molar-refractivity contribution in [2.45, 2.75) is 11.4 Å². The third kappa shape index (κ3) is 3.21. The molecule has 1 aromatic carbocycles. The van der Waals surface area contributed by atoms with Crippen LogP contribution < -0.4 is 5.73 Å². The van der Waals surface area contributed by atoms with Gasteiger partial charge in [0, 0.05) is 17.2 Å². The first kappa shape index (κ1) is 12.4. The van der Waals surface area contributed by atoms with Crippen molar-refractivity contribution in [2.24, 2.45) is 5.73 Å². The van der Waals surface area contributed by atoms with Crippen molar-refractivity contribution in [1.29, 1.82) is 0 Å². The number of hydrogen-bond acceptors (Lipinski definition) is 4. The van der Waals surface area contributed by atoms with Crippen LogP contribution in [0.1, 0.15) is 5.82 Å². The van der Waals surface area contributed by atoms with Crippen LogP contribution in [0.15, 0.2) is 23.1 Å². The fourth-order valence-electron chi connectivity index (χ4n) is 1.68. The van der Waals surface area contributed by atoms with E-state index in [1.54, 1.807) is 11.8 Å². The van der Waals surface area contributed by atoms with E-state index >= 15 is 0 Å². The minimum absolute atomic E-state index is 0.706. The minimum Gasteiger partial charge on any atom is -0.341 e. The summed E-state index contributed by atoms with van der Waals surface area (Å²) in [6, 6.07) is 6.30. The molecule has 0 spiro atoms. The number of rotatable bonds is 5. The van der Waals surface area contributed by atoms with E-state index in [2.05, 4.69) is 33.1 Å². The summed E-state index contributed by atoms with van der Waals surface area (Å²) in [6.07, 6.45) is 0. The minimum atomic E-state index is 0.706. The molecule has 2 aromatic rings. The summed E-state index contributed by atoms with van der Waals surface area (Å²) in [7, 11) is 4.07. The Hall–Kier alpha value is -1.04. The lowest BCUT2D eigenvalue weighted by atomic mass is 10.3. The largest absolute Gasteiger partial charge is 0.341 e. The lowest BCUT2D eigenvalue weighted by Crippen LogP contribution is -2.11. The summed E-state index contributed by atoms with van der Waals surface area (Å²) < 4.78 is 0. The second-order valence-corrected chi connectivity index (χ2v) is 5.41. The lowest BCUT2D eigenvalue weighted by molar-refractivity contribution is 0.392. The Labute approximate surface area is 106 Å². The molecule has 4 nitrogen and oxygen atoms in total. The molecule has 0 radical (unpaired) electrons. The highest BCUT2D eigenvalue weighted by Crippen LogP contribution is 2.22. The van der Waals surface area contributed by atoms with Gasteiger partial charge in [-0.15, -0.1) is 11.8 Å². The van der Waals surface area contributed by atoms with E-state index in [4.69, 9.17) is 5.73 Å². The predicted molar refractivity (Wildman–Crippen MR) is 73.3 cm³/mol. The van der Waals surface area contributed by atoms with Crippen LogP contribution in [0.2, 0.25) is 0 Å². The van der Waals surface area contributed by atoms with E-state index in [1.165, 1.54) is 4.90 Å². The van der Waals surface area contributed by atoms with Crippen molar-refractivity contribution >= 4 is 22.8 Å². The number of nitrogens with one attached hydrogen (secondary N) is 1. The fourth-order valence-corrected chi connectivity index (χ4v) is 2.40. The second-order valence-electron chi connectivity index (χ2n) is 4.24. The Bertz CT molecular complexity index is 492. The van der Waals surface area contributed by atoms with E-state index in [1.807, 2.05) is 14.1 Å². The Morgan fingerprint density at radius 3 is 2.94 bits per heavy atom. The van der Waals surface area contributed by atoms with Gasteiger partial charge in [0.1, 0.15) is 5.82 Å². The Morgan fingerprint density at radius 1 is 1.41 bits per heavy atom. The van der Waals surface area contributed by atoms with Gasteiger partial charge in [-0.05, 0) is 32.3 Å². The van der Waals surface area contributed by atoms with Crippen molar-refractivity contribution in [3.8, 4) is 0 Å². The van der Waals surface area contributed by atoms with Gasteiger partial charge in [-0.25, -0.2) is 4.98 Å². The van der Waals surface area contributed by atoms with Gasteiger partial charge in [-0.3, -0.25) is 0 Å². The van der Waals surface area contributed by atoms with Gasteiger partial charge < -0.3 is 15.6 Å². The number of aromatic amines is 1. The van der Waals surface area contributed by atoms with Crippen LogP contribution >= 0.6 is 11.8 Å². The van der Waals surface area contributed by atoms with Crippen LogP contribution in [0.5, 0.6) is 0 Å². The average Bonchev–Trinajstić information content (AvgIpc) is 2.66. The number of fused-ring (bicyclic) bond motifs is 1. The second kappa shape index (κ2) is 5.53. The maximum absolute atomic E-state index is 5.50. The number of nitrogens with zero attached hydrogens (tertiary/aromatic N) is 2. The third-order valence-electron chi connectivity index (χ3n) is 2.35. The quantitative estimate of drug-likeness (QED) is 0.793. The van der Waals surface area contributed by atoms with Gasteiger partial charge in [0.15, 0.2) is 0 Å². The van der Waals surface area contributed by atoms with Crippen molar-refractivity contribution in [2.75, 3.05) is 26.4 Å². The maximum atomic E-state index is 5.50. The van der Waals surface area contributed by atoms with E-state index in [0.717, 1.165) is 29.2 Å². The summed E-state index contributed by atoms with van der Waals surface area (Å²) in [5.41, 5.74) is 7.63. The first-order valence-electron chi connectivity index (χ1n) is 5.65. The van der Waals surface area contributed by atoms with Crippen LogP contribution in [0, 0.1) is 0 Å². The summed E-state index contributed by atoms with van der Waals surface area (Å²) in [5.74, 6) is 1.95. The molecule has 0 saturated carbocycles. The highest BCUT2D eigenvalue weighted by atomic mass is 32.2. The number of H-pyrrole nitrogens is 1. The van der Waals surface area contributed by atoms with Gasteiger partial charge in [0.05, 0.1) is 17.6 Å². The van der Waals surface area contributed by atoms with Crippen molar-refractivity contribution in [1.82, 2.24) is 14.9 Å². The van der Waals surface area contributed by atoms with Gasteiger partial charge in [-0.2, -0.15) is 0 Å². The molecule has 0 fully saturated rings. The van der Waals surface area contributed by atoms with E-state index in [9.17, 15) is 0 Å². The monoisotopic (exact) mass is 250 g/mol. The summed E-state index contributed by atoms with van der Waals surface area (Å²) in [4.78, 5) is 11.2. The molecule has 92 valence electrons. The lowest BCUT2D eigenvalue weighted by Gasteiger charge is -2.04. The number of nitrogens with two attached hydrogens (primary N) is 1. The predicted octanol–water partition coefficient (Wildman–Crippen LogP) is 1.68. The van der Waals surface area contributed by atoms with Gasteiger partial charge in [0.25, 0.3) is 0 Å². The van der Waals surface area contributed by atoms with Crippen molar-refractivity contribution in [3.63, 3.8) is 0 Å². The molecule has 2 rings (SSSR count). The van der Waals surface area contributed by atoms with E-state index in [0.29, 0.717) is 6.54 Å². The van der Waals surface area contributed by atoms with E-state index < -0.39 is 0 Å². The molecule has 0 aliphatic rings. The average molecular weight is 250 g/mol. The maximum Gasteiger partial charge on any atom is 0.121 e. The highest BCUT2D eigenvalue weighted by molar-refractivity contribution is 7.99. The summed E-state index contributed by atoms with van der Waals surface area (Å²) in [5, 5.41) is 0. The molecular formula is C12H18N4S. The van der Waals surface area contributed by atoms with Crippen LogP contribution in [0.3, 0.4) is 0 Å². The zero-order chi connectivity index (χ0) is 12.3. The molecule has 0 atom stereocenters. The van der Waals surface area contributed by atoms with Gasteiger partial charge >= 0.3 is 0 Å². The number of benzene rings is 1. The zero-order valence-electron chi connectivity index (χ0n) is 10.2. The molecule has 5 heteroatoms. The van der Waals surface area contributed by atoms with E-state index in [-0.39, 0.29) is 0 Å². The SMILES string of the molecule is CN(C)Cc1nc2ccc(SCCN)cc2[nH]1. The highest BCUT2D eigenvalue weighted by Gasteiger charge is 2.04. The van der Waals surface area contributed by atoms with Crippen molar-refractivity contribution in [3.05, 3.63) is 24.0 Å². The first-order chi connectivity index (χ1) is 8.19. The first-order valence-corrected chi connectivity index (χ1v) is 6.64. The van der Waals surface area contributed by atoms with Crippen LogP contribution in [-0.4, -0.2) is 41.3 Å². The molecule has 1 heterocycles. The van der Waals surface area contributed by atoms with Gasteiger partial charge in [-0.1, -0.05) is 0 Å². The number of hydrogen-bond donors (Lipinski definition) is 2. The smallest absolute Gasteiger partial charge is 0.121 e. The molecule has 0 amide bonds. The molecule has 0 aliphatic heterocycles. The molecule has 0 saturated heterocycles. The Morgan fingerprint density at radius 2 is 2.24 bits per heavy atom. The van der Waals surface area contributed by atoms with Crippen LogP contribution in [-0.2, 0) is 6.54 Å². The third-order valence-corrected chi connectivity index (χ3v) is 3.38. The Kier molecular flexibility index (Phi) is 4.04. The zero-order valence-corrected chi connectivity index (χ0v) is 11.0. The number of imidazole rings is 1. The molecule has 1 aromatic heterocycles. The number of aromatic nitrogens is 2. The van der Waals surface area contributed by atoms with Crippen LogP contribution in [0.25, 0.3) is 11.0 Å². The Balaban J connectivity index is 2.21. The number of thioether (sulfide) groups is 1.